The van der Waals surface area contributed by atoms with Gasteiger partial charge in [-0.2, -0.15) is 0 Å². The van der Waals surface area contributed by atoms with Crippen molar-refractivity contribution in [3.05, 3.63) is 65.2 Å². The topological polar surface area (TPSA) is 46.4 Å². The SMILES string of the molecule is Cc1ccc(NC(=O)c2cc3c(nc4ccccn43)s2)cc1. The number of pyridine rings is 1. The van der Waals surface area contributed by atoms with Crippen molar-refractivity contribution in [1.82, 2.24) is 9.38 Å². The first-order valence-electron chi connectivity index (χ1n) is 6.95. The molecule has 0 unspecified atom stereocenters. The molecule has 0 saturated heterocycles. The molecular formula is C17H13N3OS. The predicted octanol–water partition coefficient (Wildman–Crippen LogP) is 4.11. The third-order valence-electron chi connectivity index (χ3n) is 3.54. The van der Waals surface area contributed by atoms with Crippen molar-refractivity contribution in [1.29, 1.82) is 0 Å². The molecule has 4 nitrogen and oxygen atoms in total. The number of imidazole rings is 1. The Balaban J connectivity index is 1.68. The van der Waals surface area contributed by atoms with Crippen molar-refractivity contribution in [3.8, 4) is 0 Å². The summed E-state index contributed by atoms with van der Waals surface area (Å²) in [5.41, 5.74) is 3.83. The van der Waals surface area contributed by atoms with E-state index in [1.807, 2.05) is 66.1 Å². The maximum Gasteiger partial charge on any atom is 0.265 e. The van der Waals surface area contributed by atoms with Gasteiger partial charge in [0, 0.05) is 11.9 Å². The van der Waals surface area contributed by atoms with Gasteiger partial charge in [0.2, 0.25) is 0 Å². The number of aromatic nitrogens is 2. The molecule has 1 N–H and O–H groups in total. The van der Waals surface area contributed by atoms with Crippen molar-refractivity contribution in [2.24, 2.45) is 0 Å². The molecular weight excluding hydrogens is 294 g/mol. The highest BCUT2D eigenvalue weighted by molar-refractivity contribution is 7.20. The molecule has 0 fully saturated rings. The fourth-order valence-corrected chi connectivity index (χ4v) is 3.32. The molecule has 0 aliphatic rings. The van der Waals surface area contributed by atoms with Crippen molar-refractivity contribution < 1.29 is 4.79 Å². The average Bonchev–Trinajstić information content (AvgIpc) is 3.07. The van der Waals surface area contributed by atoms with E-state index in [1.54, 1.807) is 0 Å². The number of fused-ring (bicyclic) bond motifs is 3. The number of carbonyl (C=O) groups excluding carboxylic acids is 1. The van der Waals surface area contributed by atoms with Crippen LogP contribution >= 0.6 is 11.3 Å². The maximum absolute atomic E-state index is 12.4. The Morgan fingerprint density at radius 1 is 1.18 bits per heavy atom. The Morgan fingerprint density at radius 3 is 2.82 bits per heavy atom. The average molecular weight is 307 g/mol. The van der Waals surface area contributed by atoms with Crippen LogP contribution in [0.4, 0.5) is 5.69 Å². The number of thiophene rings is 1. The summed E-state index contributed by atoms with van der Waals surface area (Å²) in [6, 6.07) is 15.5. The zero-order valence-electron chi connectivity index (χ0n) is 11.9. The quantitative estimate of drug-likeness (QED) is 0.606. The molecule has 3 heterocycles. The number of rotatable bonds is 2. The number of hydrogen-bond donors (Lipinski definition) is 1. The third-order valence-corrected chi connectivity index (χ3v) is 4.56. The second-order valence-corrected chi connectivity index (χ2v) is 6.19. The third kappa shape index (κ3) is 2.16. The van der Waals surface area contributed by atoms with Gasteiger partial charge >= 0.3 is 0 Å². The molecule has 3 aromatic heterocycles. The summed E-state index contributed by atoms with van der Waals surface area (Å²) in [7, 11) is 0. The molecule has 4 rings (SSSR count). The number of aryl methyl sites for hydroxylation is 1. The summed E-state index contributed by atoms with van der Waals surface area (Å²) in [6.45, 7) is 2.02. The summed E-state index contributed by atoms with van der Waals surface area (Å²) in [6.07, 6.45) is 1.96. The Bertz CT molecular complexity index is 982. The van der Waals surface area contributed by atoms with Crippen molar-refractivity contribution in [3.63, 3.8) is 0 Å². The molecule has 0 atom stereocenters. The van der Waals surface area contributed by atoms with E-state index in [1.165, 1.54) is 16.9 Å². The lowest BCUT2D eigenvalue weighted by molar-refractivity contribution is 0.103. The normalized spacial score (nSPS) is 11.1. The van der Waals surface area contributed by atoms with Gasteiger partial charge in [-0.1, -0.05) is 23.8 Å². The minimum absolute atomic E-state index is 0.100. The highest BCUT2D eigenvalue weighted by Gasteiger charge is 2.14. The van der Waals surface area contributed by atoms with Crippen LogP contribution in [0.1, 0.15) is 15.2 Å². The Hall–Kier alpha value is -2.66. The van der Waals surface area contributed by atoms with E-state index in [0.29, 0.717) is 4.88 Å². The minimum Gasteiger partial charge on any atom is -0.321 e. The van der Waals surface area contributed by atoms with Crippen LogP contribution < -0.4 is 5.32 Å². The number of benzene rings is 1. The summed E-state index contributed by atoms with van der Waals surface area (Å²) >= 11 is 1.41. The second kappa shape index (κ2) is 4.96. The first kappa shape index (κ1) is 13.0. The van der Waals surface area contributed by atoms with E-state index in [2.05, 4.69) is 10.3 Å². The van der Waals surface area contributed by atoms with E-state index < -0.39 is 0 Å². The predicted molar refractivity (Wildman–Crippen MR) is 89.7 cm³/mol. The van der Waals surface area contributed by atoms with Gasteiger partial charge in [-0.3, -0.25) is 9.20 Å². The molecule has 0 aliphatic carbocycles. The van der Waals surface area contributed by atoms with E-state index >= 15 is 0 Å². The lowest BCUT2D eigenvalue weighted by Crippen LogP contribution is -2.09. The van der Waals surface area contributed by atoms with Gasteiger partial charge in [0.05, 0.1) is 10.4 Å². The number of anilines is 1. The number of hydrogen-bond acceptors (Lipinski definition) is 3. The lowest BCUT2D eigenvalue weighted by Gasteiger charge is -2.03. The summed E-state index contributed by atoms with van der Waals surface area (Å²) in [5, 5.41) is 2.92. The van der Waals surface area contributed by atoms with Gasteiger partial charge < -0.3 is 5.32 Å². The number of nitrogens with zero attached hydrogens (tertiary/aromatic N) is 2. The van der Waals surface area contributed by atoms with Crippen LogP contribution in [0.25, 0.3) is 16.0 Å². The fraction of sp³-hybridized carbons (Fsp3) is 0.0588. The van der Waals surface area contributed by atoms with Gasteiger partial charge in [-0.05, 0) is 37.3 Å². The lowest BCUT2D eigenvalue weighted by atomic mass is 10.2. The van der Waals surface area contributed by atoms with Gasteiger partial charge in [0.1, 0.15) is 10.5 Å². The Kier molecular flexibility index (Phi) is 2.94. The zero-order valence-corrected chi connectivity index (χ0v) is 12.7. The minimum atomic E-state index is -0.100. The molecule has 5 heteroatoms. The van der Waals surface area contributed by atoms with Crippen molar-refractivity contribution >= 4 is 38.9 Å². The van der Waals surface area contributed by atoms with Crippen molar-refractivity contribution in [2.45, 2.75) is 6.92 Å². The largest absolute Gasteiger partial charge is 0.321 e. The summed E-state index contributed by atoms with van der Waals surface area (Å²) in [5.74, 6) is -0.100. The standard InChI is InChI=1S/C17H13N3OS/c1-11-5-7-12(8-6-11)18-16(21)14-10-13-17(22-14)19-15-4-2-3-9-20(13)15/h2-10H,1H3,(H,18,21). The van der Waals surface area contributed by atoms with Crippen LogP contribution in [0.2, 0.25) is 0 Å². The van der Waals surface area contributed by atoms with E-state index in [9.17, 15) is 4.79 Å². The van der Waals surface area contributed by atoms with E-state index in [-0.39, 0.29) is 5.91 Å². The zero-order chi connectivity index (χ0) is 15.1. The van der Waals surface area contributed by atoms with Crippen LogP contribution in [0, 0.1) is 6.92 Å². The number of amides is 1. The number of nitrogens with one attached hydrogen (secondary N) is 1. The molecule has 108 valence electrons. The van der Waals surface area contributed by atoms with Crippen molar-refractivity contribution in [2.75, 3.05) is 5.32 Å². The van der Waals surface area contributed by atoms with E-state index in [0.717, 1.165) is 21.7 Å². The maximum atomic E-state index is 12.4. The molecule has 0 spiro atoms. The van der Waals surface area contributed by atoms with Gasteiger partial charge in [0.15, 0.2) is 0 Å². The smallest absolute Gasteiger partial charge is 0.265 e. The van der Waals surface area contributed by atoms with E-state index in [4.69, 9.17) is 0 Å². The van der Waals surface area contributed by atoms with Gasteiger partial charge in [-0.25, -0.2) is 4.98 Å². The fourth-order valence-electron chi connectivity index (χ4n) is 2.40. The Morgan fingerprint density at radius 2 is 2.00 bits per heavy atom. The molecule has 4 aromatic rings. The Labute approximate surface area is 131 Å². The van der Waals surface area contributed by atoms with Crippen LogP contribution in [-0.2, 0) is 0 Å². The first-order valence-corrected chi connectivity index (χ1v) is 7.77. The summed E-state index contributed by atoms with van der Waals surface area (Å²) in [4.78, 5) is 18.4. The monoisotopic (exact) mass is 307 g/mol. The molecule has 0 saturated carbocycles. The van der Waals surface area contributed by atoms with Gasteiger partial charge in [0.25, 0.3) is 5.91 Å². The van der Waals surface area contributed by atoms with Crippen LogP contribution in [-0.4, -0.2) is 15.3 Å². The molecule has 0 aliphatic heterocycles. The summed E-state index contributed by atoms with van der Waals surface area (Å²) < 4.78 is 1.99. The first-order chi connectivity index (χ1) is 10.7. The highest BCUT2D eigenvalue weighted by atomic mass is 32.1. The number of carbonyl (C=O) groups is 1. The van der Waals surface area contributed by atoms with Gasteiger partial charge in [-0.15, -0.1) is 11.3 Å². The van der Waals surface area contributed by atoms with Crippen LogP contribution in [0.5, 0.6) is 0 Å². The molecule has 22 heavy (non-hydrogen) atoms. The van der Waals surface area contributed by atoms with Crippen LogP contribution in [0.15, 0.2) is 54.7 Å². The molecule has 0 bridgehead atoms. The molecule has 1 amide bonds. The molecule has 1 aromatic carbocycles. The van der Waals surface area contributed by atoms with Crippen LogP contribution in [0.3, 0.4) is 0 Å². The molecule has 0 radical (unpaired) electrons. The second-order valence-electron chi connectivity index (χ2n) is 5.16. The highest BCUT2D eigenvalue weighted by Crippen LogP contribution is 2.27.